The first-order valence-corrected chi connectivity index (χ1v) is 11.1. The summed E-state index contributed by atoms with van der Waals surface area (Å²) in [6.07, 6.45) is 3.02. The number of fused-ring (bicyclic) bond motifs is 1. The predicted molar refractivity (Wildman–Crippen MR) is 113 cm³/mol. The molecule has 30 heavy (non-hydrogen) atoms. The molecule has 7 nitrogen and oxygen atoms in total. The summed E-state index contributed by atoms with van der Waals surface area (Å²) < 4.78 is 38.9. The third kappa shape index (κ3) is 3.76. The minimum absolute atomic E-state index is 0.240. The number of aromatic nitrogens is 2. The fourth-order valence-corrected chi connectivity index (χ4v) is 4.86. The molecule has 2 aromatic carbocycles. The van der Waals surface area contributed by atoms with Gasteiger partial charge in [0.2, 0.25) is 10.0 Å². The van der Waals surface area contributed by atoms with Crippen molar-refractivity contribution in [1.82, 2.24) is 14.3 Å². The third-order valence-electron chi connectivity index (χ3n) is 5.31. The Morgan fingerprint density at radius 3 is 2.50 bits per heavy atom. The van der Waals surface area contributed by atoms with Crippen LogP contribution in [0.3, 0.4) is 0 Å². The van der Waals surface area contributed by atoms with Gasteiger partial charge in [-0.25, -0.2) is 18.4 Å². The molecule has 156 valence electrons. The van der Waals surface area contributed by atoms with Gasteiger partial charge in [0.05, 0.1) is 16.6 Å². The fraction of sp³-hybridized carbons (Fsp3) is 0.273. The molecule has 4 rings (SSSR count). The van der Waals surface area contributed by atoms with Crippen LogP contribution >= 0.6 is 0 Å². The summed E-state index contributed by atoms with van der Waals surface area (Å²) in [6.45, 7) is 4.76. The second-order valence-corrected chi connectivity index (χ2v) is 9.16. The average molecular weight is 426 g/mol. The molecule has 1 aliphatic rings. The lowest BCUT2D eigenvalue weighted by Gasteiger charge is -2.24. The van der Waals surface area contributed by atoms with E-state index in [4.69, 9.17) is 9.47 Å². The molecule has 0 N–H and O–H groups in total. The van der Waals surface area contributed by atoms with Crippen molar-refractivity contribution < 1.29 is 17.9 Å². The van der Waals surface area contributed by atoms with Crippen LogP contribution in [0.25, 0.3) is 11.1 Å². The van der Waals surface area contributed by atoms with E-state index in [1.54, 1.807) is 38.4 Å². The molecule has 0 saturated carbocycles. The molecule has 0 radical (unpaired) electrons. The Morgan fingerprint density at radius 1 is 1.03 bits per heavy atom. The first-order chi connectivity index (χ1) is 14.4. The van der Waals surface area contributed by atoms with Gasteiger partial charge in [0.1, 0.15) is 19.5 Å². The topological polar surface area (TPSA) is 81.6 Å². The maximum Gasteiger partial charge on any atom is 0.243 e. The zero-order chi connectivity index (χ0) is 21.3. The van der Waals surface area contributed by atoms with Crippen molar-refractivity contribution in [1.29, 1.82) is 0 Å². The Hall–Kier alpha value is -2.97. The van der Waals surface area contributed by atoms with Crippen molar-refractivity contribution in [2.75, 3.05) is 20.3 Å². The van der Waals surface area contributed by atoms with Gasteiger partial charge >= 0.3 is 0 Å². The summed E-state index contributed by atoms with van der Waals surface area (Å²) in [5, 5.41) is 0. The highest BCUT2D eigenvalue weighted by atomic mass is 32.2. The summed E-state index contributed by atoms with van der Waals surface area (Å²) >= 11 is 0. The summed E-state index contributed by atoms with van der Waals surface area (Å²) in [5.74, 6) is 1.43. The van der Waals surface area contributed by atoms with E-state index in [0.29, 0.717) is 24.7 Å². The van der Waals surface area contributed by atoms with Crippen LogP contribution < -0.4 is 9.47 Å². The number of aryl methyl sites for hydroxylation is 1. The number of ether oxygens (including phenoxy) is 2. The van der Waals surface area contributed by atoms with Crippen LogP contribution in [0.2, 0.25) is 0 Å². The molecule has 0 spiro atoms. The first-order valence-electron chi connectivity index (χ1n) is 9.62. The second-order valence-electron chi connectivity index (χ2n) is 7.17. The van der Waals surface area contributed by atoms with Gasteiger partial charge in [-0.1, -0.05) is 12.1 Å². The van der Waals surface area contributed by atoms with Crippen molar-refractivity contribution in [3.05, 3.63) is 66.2 Å². The van der Waals surface area contributed by atoms with Gasteiger partial charge in [0, 0.05) is 13.2 Å². The van der Waals surface area contributed by atoms with Gasteiger partial charge in [0.15, 0.2) is 11.5 Å². The van der Waals surface area contributed by atoms with Crippen LogP contribution in [0.1, 0.15) is 24.2 Å². The number of hydrogen-bond donors (Lipinski definition) is 0. The van der Waals surface area contributed by atoms with E-state index in [2.05, 4.69) is 9.97 Å². The smallest absolute Gasteiger partial charge is 0.243 e. The summed E-state index contributed by atoms with van der Waals surface area (Å²) in [4.78, 5) is 8.30. The Labute approximate surface area is 176 Å². The van der Waals surface area contributed by atoms with Crippen molar-refractivity contribution in [2.45, 2.75) is 24.8 Å². The van der Waals surface area contributed by atoms with Crippen LogP contribution in [-0.2, 0) is 10.0 Å². The van der Waals surface area contributed by atoms with E-state index < -0.39 is 16.1 Å². The molecule has 0 aliphatic carbocycles. The van der Waals surface area contributed by atoms with Gasteiger partial charge in [-0.05, 0) is 60.9 Å². The zero-order valence-corrected chi connectivity index (χ0v) is 17.9. The molecule has 0 fully saturated rings. The summed E-state index contributed by atoms with van der Waals surface area (Å²) in [6, 6.07) is 12.2. The van der Waals surface area contributed by atoms with Crippen LogP contribution in [0.15, 0.2) is 59.9 Å². The molecule has 1 aliphatic heterocycles. The Morgan fingerprint density at radius 2 is 1.80 bits per heavy atom. The minimum atomic E-state index is -3.69. The zero-order valence-electron chi connectivity index (χ0n) is 17.1. The largest absolute Gasteiger partial charge is 0.486 e. The molecule has 1 unspecified atom stereocenters. The molecular formula is C22H23N3O4S. The van der Waals surface area contributed by atoms with Crippen molar-refractivity contribution in [3.8, 4) is 22.6 Å². The van der Waals surface area contributed by atoms with E-state index in [1.807, 2.05) is 31.2 Å². The van der Waals surface area contributed by atoms with Gasteiger partial charge in [-0.2, -0.15) is 4.31 Å². The standard InChI is InChI=1S/C22H23N3O4S/c1-15-12-18(30(26,27)25(3)16(2)20-8-9-23-14-24-20)5-6-19(15)17-4-7-21-22(13-17)29-11-10-28-21/h4-9,12-14,16H,10-11H2,1-3H3. The van der Waals surface area contributed by atoms with Crippen LogP contribution in [0, 0.1) is 6.92 Å². The fourth-order valence-electron chi connectivity index (χ4n) is 3.44. The lowest BCUT2D eigenvalue weighted by Crippen LogP contribution is -2.30. The van der Waals surface area contributed by atoms with Crippen LogP contribution in [-0.4, -0.2) is 43.0 Å². The first kappa shape index (κ1) is 20.3. The molecule has 0 saturated heterocycles. The number of sulfonamides is 1. The van der Waals surface area contributed by atoms with E-state index in [1.165, 1.54) is 10.6 Å². The highest BCUT2D eigenvalue weighted by Crippen LogP contribution is 2.36. The second kappa shape index (κ2) is 8.04. The normalized spacial score (nSPS) is 14.5. The quantitative estimate of drug-likeness (QED) is 0.621. The predicted octanol–water partition coefficient (Wildman–Crippen LogP) is 3.60. The molecule has 2 heterocycles. The Bertz CT molecular complexity index is 1170. The van der Waals surface area contributed by atoms with E-state index in [9.17, 15) is 8.42 Å². The Balaban J connectivity index is 1.64. The summed E-state index contributed by atoms with van der Waals surface area (Å²) in [7, 11) is -2.13. The molecule has 0 amide bonds. The van der Waals surface area contributed by atoms with Crippen LogP contribution in [0.5, 0.6) is 11.5 Å². The highest BCUT2D eigenvalue weighted by molar-refractivity contribution is 7.89. The highest BCUT2D eigenvalue weighted by Gasteiger charge is 2.27. The van der Waals surface area contributed by atoms with E-state index in [-0.39, 0.29) is 4.90 Å². The average Bonchev–Trinajstić information content (AvgIpc) is 2.78. The molecular weight excluding hydrogens is 402 g/mol. The van der Waals surface area contributed by atoms with E-state index >= 15 is 0 Å². The molecule has 1 aromatic heterocycles. The Kier molecular flexibility index (Phi) is 5.44. The number of nitrogens with zero attached hydrogens (tertiary/aromatic N) is 3. The van der Waals surface area contributed by atoms with Gasteiger partial charge in [0.25, 0.3) is 0 Å². The third-order valence-corrected chi connectivity index (χ3v) is 7.23. The maximum atomic E-state index is 13.2. The number of rotatable bonds is 5. The lowest BCUT2D eigenvalue weighted by atomic mass is 10.0. The molecule has 8 heteroatoms. The van der Waals surface area contributed by atoms with E-state index in [0.717, 1.165) is 22.4 Å². The SMILES string of the molecule is Cc1cc(S(=O)(=O)N(C)C(C)c2ccncn2)ccc1-c1ccc2c(c1)OCCO2. The number of hydrogen-bond acceptors (Lipinski definition) is 6. The number of benzene rings is 2. The molecule has 3 aromatic rings. The minimum Gasteiger partial charge on any atom is -0.486 e. The molecule has 1 atom stereocenters. The van der Waals surface area contributed by atoms with Crippen molar-refractivity contribution in [3.63, 3.8) is 0 Å². The molecule has 0 bridgehead atoms. The lowest BCUT2D eigenvalue weighted by molar-refractivity contribution is 0.171. The maximum absolute atomic E-state index is 13.2. The van der Waals surface area contributed by atoms with Gasteiger partial charge in [-0.15, -0.1) is 0 Å². The van der Waals surface area contributed by atoms with Crippen LogP contribution in [0.4, 0.5) is 0 Å². The van der Waals surface area contributed by atoms with Gasteiger partial charge < -0.3 is 9.47 Å². The van der Waals surface area contributed by atoms with Crippen molar-refractivity contribution in [2.24, 2.45) is 0 Å². The summed E-state index contributed by atoms with van der Waals surface area (Å²) in [5.41, 5.74) is 3.39. The van der Waals surface area contributed by atoms with Crippen molar-refractivity contribution >= 4 is 10.0 Å². The van der Waals surface area contributed by atoms with Gasteiger partial charge in [-0.3, -0.25) is 0 Å². The monoisotopic (exact) mass is 425 g/mol.